The Morgan fingerprint density at radius 2 is 2.07 bits per heavy atom. The highest BCUT2D eigenvalue weighted by atomic mass is 32.2. The average Bonchev–Trinajstić information content (AvgIpc) is 2.27. The Labute approximate surface area is 99.3 Å². The zero-order valence-electron chi connectivity index (χ0n) is 8.71. The Morgan fingerprint density at radius 1 is 1.40 bits per heavy atom. The first-order chi connectivity index (χ1) is 7.22. The van der Waals surface area contributed by atoms with Crippen molar-refractivity contribution in [3.05, 3.63) is 0 Å². The maximum atomic E-state index is 11.4. The first-order valence-electron chi connectivity index (χ1n) is 4.79. The molecule has 5 nitrogen and oxygen atoms in total. The van der Waals surface area contributed by atoms with Crippen LogP contribution in [0.1, 0.15) is 0 Å². The monoisotopic (exact) mass is 248 g/mol. The van der Waals surface area contributed by atoms with Crippen LogP contribution >= 0.6 is 24.0 Å². The van der Waals surface area contributed by atoms with Gasteiger partial charge in [0.05, 0.1) is 6.54 Å². The van der Waals surface area contributed by atoms with Gasteiger partial charge in [-0.15, -0.1) is 0 Å². The van der Waals surface area contributed by atoms with Gasteiger partial charge in [0.2, 0.25) is 0 Å². The van der Waals surface area contributed by atoms with Crippen LogP contribution in [0, 0.1) is 0 Å². The number of nitrogens with one attached hydrogen (secondary N) is 3. The summed E-state index contributed by atoms with van der Waals surface area (Å²) >= 11 is 6.75. The van der Waals surface area contributed by atoms with Crippen molar-refractivity contribution in [2.45, 2.75) is 0 Å². The zero-order valence-corrected chi connectivity index (χ0v) is 10.3. The highest BCUT2D eigenvalue weighted by Gasteiger charge is 2.13. The molecule has 1 amide bonds. The van der Waals surface area contributed by atoms with Crippen LogP contribution in [0.2, 0.25) is 0 Å². The molecule has 0 atom stereocenters. The third-order valence-electron chi connectivity index (χ3n) is 2.01. The predicted octanol–water partition coefficient (Wildman–Crippen LogP) is -0.840. The summed E-state index contributed by atoms with van der Waals surface area (Å²) in [6.07, 6.45) is 0. The molecular formula is C8H16N4OS2. The molecule has 0 aliphatic carbocycles. The van der Waals surface area contributed by atoms with Crippen LogP contribution in [0.4, 0.5) is 0 Å². The summed E-state index contributed by atoms with van der Waals surface area (Å²) in [5.41, 5.74) is 5.15. The number of rotatable bonds is 2. The van der Waals surface area contributed by atoms with E-state index in [9.17, 15) is 4.79 Å². The lowest BCUT2D eigenvalue weighted by atomic mass is 10.4. The molecule has 1 aliphatic rings. The molecule has 15 heavy (non-hydrogen) atoms. The highest BCUT2D eigenvalue weighted by Crippen LogP contribution is 2.07. The van der Waals surface area contributed by atoms with E-state index in [1.165, 1.54) is 0 Å². The number of carbonyl (C=O) groups excluding carboxylic acids is 1. The fraction of sp³-hybridized carbons (Fsp3) is 0.750. The number of thioether (sulfide) groups is 1. The molecule has 0 aromatic rings. The van der Waals surface area contributed by atoms with E-state index in [0.29, 0.717) is 11.7 Å². The van der Waals surface area contributed by atoms with E-state index in [1.807, 2.05) is 11.8 Å². The molecule has 7 heteroatoms. The third kappa shape index (κ3) is 5.19. The van der Waals surface area contributed by atoms with Gasteiger partial charge < -0.3 is 5.32 Å². The van der Waals surface area contributed by atoms with Gasteiger partial charge in [0.15, 0.2) is 5.11 Å². The second-order valence-corrected chi connectivity index (χ2v) is 4.77. The van der Waals surface area contributed by atoms with E-state index in [4.69, 9.17) is 12.2 Å². The molecule has 1 fully saturated rings. The minimum atomic E-state index is -0.0560. The van der Waals surface area contributed by atoms with Gasteiger partial charge in [0.25, 0.3) is 5.91 Å². The molecule has 1 saturated heterocycles. The quantitative estimate of drug-likeness (QED) is 0.438. The van der Waals surface area contributed by atoms with E-state index in [1.54, 1.807) is 7.05 Å². The van der Waals surface area contributed by atoms with Crippen molar-refractivity contribution >= 4 is 35.0 Å². The van der Waals surface area contributed by atoms with Crippen LogP contribution in [0.15, 0.2) is 0 Å². The number of amides is 1. The molecule has 0 bridgehead atoms. The SMILES string of the molecule is CNC(=S)NNC(=O)CN1CCSCC1. The van der Waals surface area contributed by atoms with E-state index in [-0.39, 0.29) is 5.91 Å². The number of hydrazine groups is 1. The van der Waals surface area contributed by atoms with Gasteiger partial charge in [-0.2, -0.15) is 11.8 Å². The fourth-order valence-corrected chi connectivity index (χ4v) is 2.22. The molecule has 1 heterocycles. The Morgan fingerprint density at radius 3 is 2.67 bits per heavy atom. The van der Waals surface area contributed by atoms with Crippen LogP contribution in [-0.4, -0.2) is 54.1 Å². The number of nitrogens with zero attached hydrogens (tertiary/aromatic N) is 1. The van der Waals surface area contributed by atoms with E-state index in [2.05, 4.69) is 21.1 Å². The number of carbonyl (C=O) groups is 1. The average molecular weight is 248 g/mol. The zero-order chi connectivity index (χ0) is 11.1. The summed E-state index contributed by atoms with van der Waals surface area (Å²) in [5, 5.41) is 3.13. The second-order valence-electron chi connectivity index (χ2n) is 3.14. The van der Waals surface area contributed by atoms with Crippen molar-refractivity contribution in [1.82, 2.24) is 21.1 Å². The molecule has 0 spiro atoms. The lowest BCUT2D eigenvalue weighted by Gasteiger charge is -2.25. The van der Waals surface area contributed by atoms with Gasteiger partial charge in [-0.25, -0.2) is 0 Å². The summed E-state index contributed by atoms with van der Waals surface area (Å²) in [6.45, 7) is 2.39. The van der Waals surface area contributed by atoms with Crippen molar-refractivity contribution in [3.63, 3.8) is 0 Å². The smallest absolute Gasteiger partial charge is 0.252 e. The molecular weight excluding hydrogens is 232 g/mol. The fourth-order valence-electron chi connectivity index (χ4n) is 1.19. The van der Waals surface area contributed by atoms with Crippen molar-refractivity contribution < 1.29 is 4.79 Å². The summed E-state index contributed by atoms with van der Waals surface area (Å²) in [7, 11) is 1.70. The summed E-state index contributed by atoms with van der Waals surface area (Å²) in [6, 6.07) is 0. The van der Waals surface area contributed by atoms with Gasteiger partial charge in [-0.3, -0.25) is 20.5 Å². The van der Waals surface area contributed by atoms with Gasteiger partial charge in [0, 0.05) is 31.6 Å². The first kappa shape index (κ1) is 12.5. The summed E-state index contributed by atoms with van der Waals surface area (Å²) in [4.78, 5) is 13.6. The Hall–Kier alpha value is -0.530. The maximum Gasteiger partial charge on any atom is 0.252 e. The Kier molecular flexibility index (Phi) is 5.74. The lowest BCUT2D eigenvalue weighted by molar-refractivity contribution is -0.122. The largest absolute Gasteiger partial charge is 0.364 e. The van der Waals surface area contributed by atoms with E-state index in [0.717, 1.165) is 24.6 Å². The van der Waals surface area contributed by atoms with Crippen molar-refractivity contribution in [1.29, 1.82) is 0 Å². The van der Waals surface area contributed by atoms with Gasteiger partial charge in [-0.1, -0.05) is 0 Å². The minimum absolute atomic E-state index is 0.0560. The van der Waals surface area contributed by atoms with Crippen LogP contribution in [-0.2, 0) is 4.79 Å². The molecule has 0 aromatic heterocycles. The van der Waals surface area contributed by atoms with Gasteiger partial charge in [0.1, 0.15) is 0 Å². The number of hydrogen-bond donors (Lipinski definition) is 3. The molecule has 86 valence electrons. The lowest BCUT2D eigenvalue weighted by Crippen LogP contribution is -2.50. The molecule has 0 radical (unpaired) electrons. The predicted molar refractivity (Wildman–Crippen MR) is 66.7 cm³/mol. The third-order valence-corrected chi connectivity index (χ3v) is 3.26. The minimum Gasteiger partial charge on any atom is -0.364 e. The maximum absolute atomic E-state index is 11.4. The Balaban J connectivity index is 2.14. The molecule has 3 N–H and O–H groups in total. The Bertz CT molecular complexity index is 231. The van der Waals surface area contributed by atoms with Crippen molar-refractivity contribution in [2.24, 2.45) is 0 Å². The van der Waals surface area contributed by atoms with E-state index < -0.39 is 0 Å². The van der Waals surface area contributed by atoms with Crippen molar-refractivity contribution in [3.8, 4) is 0 Å². The van der Waals surface area contributed by atoms with Crippen LogP contribution in [0.5, 0.6) is 0 Å². The van der Waals surface area contributed by atoms with Crippen LogP contribution < -0.4 is 16.2 Å². The van der Waals surface area contributed by atoms with Crippen LogP contribution in [0.3, 0.4) is 0 Å². The molecule has 1 aliphatic heterocycles. The van der Waals surface area contributed by atoms with Gasteiger partial charge >= 0.3 is 0 Å². The van der Waals surface area contributed by atoms with Crippen molar-refractivity contribution in [2.75, 3.05) is 38.2 Å². The molecule has 0 aromatic carbocycles. The van der Waals surface area contributed by atoms with Crippen LogP contribution in [0.25, 0.3) is 0 Å². The number of hydrogen-bond acceptors (Lipinski definition) is 4. The molecule has 1 rings (SSSR count). The topological polar surface area (TPSA) is 56.4 Å². The van der Waals surface area contributed by atoms with Gasteiger partial charge in [-0.05, 0) is 12.2 Å². The molecule has 0 saturated carbocycles. The highest BCUT2D eigenvalue weighted by molar-refractivity contribution is 7.99. The summed E-state index contributed by atoms with van der Waals surface area (Å²) < 4.78 is 0. The summed E-state index contributed by atoms with van der Waals surface area (Å²) in [5.74, 6) is 2.16. The molecule has 0 unspecified atom stereocenters. The normalized spacial score (nSPS) is 16.9. The first-order valence-corrected chi connectivity index (χ1v) is 6.35. The standard InChI is InChI=1S/C8H16N4OS2/c1-9-8(14)11-10-7(13)6-12-2-4-15-5-3-12/h2-6H2,1H3,(H,10,13)(H2,9,11,14). The second kappa shape index (κ2) is 6.86. The number of thiocarbonyl (C=S) groups is 1. The van der Waals surface area contributed by atoms with E-state index >= 15 is 0 Å².